The molecule has 22 heavy (non-hydrogen) atoms. The molecule has 0 saturated heterocycles. The van der Waals surface area contributed by atoms with Crippen molar-refractivity contribution in [2.45, 2.75) is 39.2 Å². The highest BCUT2D eigenvalue weighted by atomic mass is 35.5. The highest BCUT2D eigenvalue weighted by Gasteiger charge is 2.32. The van der Waals surface area contributed by atoms with E-state index in [1.807, 2.05) is 13.8 Å². The van der Waals surface area contributed by atoms with Crippen LogP contribution in [0.2, 0.25) is 5.02 Å². The summed E-state index contributed by atoms with van der Waals surface area (Å²) in [4.78, 5) is 23.3. The molecular formula is C16H22ClNO4. The Morgan fingerprint density at radius 2 is 2.05 bits per heavy atom. The number of hydrogen-bond acceptors (Lipinski definition) is 3. The SMILES string of the molecule is COc1ccc(Cl)cc1CC(=O)NC(C)(CC(=O)O)C(C)C. The number of nitrogens with one attached hydrogen (secondary N) is 1. The van der Waals surface area contributed by atoms with Crippen LogP contribution in [0.15, 0.2) is 18.2 Å². The van der Waals surface area contributed by atoms with E-state index in [1.54, 1.807) is 25.1 Å². The fourth-order valence-electron chi connectivity index (χ4n) is 2.13. The lowest BCUT2D eigenvalue weighted by Crippen LogP contribution is -2.51. The van der Waals surface area contributed by atoms with Gasteiger partial charge in [0.25, 0.3) is 0 Å². The normalized spacial score (nSPS) is 13.5. The monoisotopic (exact) mass is 327 g/mol. The Bertz CT molecular complexity index is 559. The summed E-state index contributed by atoms with van der Waals surface area (Å²) in [6.45, 7) is 5.49. The number of hydrogen-bond donors (Lipinski definition) is 2. The minimum Gasteiger partial charge on any atom is -0.496 e. The molecule has 2 N–H and O–H groups in total. The molecule has 0 saturated carbocycles. The minimum atomic E-state index is -0.947. The van der Waals surface area contributed by atoms with E-state index in [4.69, 9.17) is 21.4 Å². The van der Waals surface area contributed by atoms with E-state index in [9.17, 15) is 9.59 Å². The van der Waals surface area contributed by atoms with Gasteiger partial charge < -0.3 is 15.2 Å². The van der Waals surface area contributed by atoms with Gasteiger partial charge in [0.2, 0.25) is 5.91 Å². The number of aliphatic carboxylic acids is 1. The third kappa shape index (κ3) is 4.91. The number of carboxylic acids is 1. The molecule has 1 aromatic carbocycles. The van der Waals surface area contributed by atoms with Crippen LogP contribution in [0.5, 0.6) is 5.75 Å². The number of carboxylic acid groups (broad SMARTS) is 1. The number of methoxy groups -OCH3 is 1. The molecular weight excluding hydrogens is 306 g/mol. The molecule has 0 aliphatic heterocycles. The van der Waals surface area contributed by atoms with Crippen molar-refractivity contribution in [1.82, 2.24) is 5.32 Å². The van der Waals surface area contributed by atoms with E-state index < -0.39 is 11.5 Å². The molecule has 0 spiro atoms. The zero-order valence-electron chi connectivity index (χ0n) is 13.3. The average molecular weight is 328 g/mol. The highest BCUT2D eigenvalue weighted by molar-refractivity contribution is 6.30. The molecule has 0 bridgehead atoms. The van der Waals surface area contributed by atoms with E-state index in [0.29, 0.717) is 16.3 Å². The van der Waals surface area contributed by atoms with Gasteiger partial charge in [-0.2, -0.15) is 0 Å². The van der Waals surface area contributed by atoms with Crippen LogP contribution in [0, 0.1) is 5.92 Å². The second kappa shape index (κ2) is 7.49. The Morgan fingerprint density at radius 3 is 2.55 bits per heavy atom. The fourth-order valence-corrected chi connectivity index (χ4v) is 2.32. The molecule has 1 atom stereocenters. The Hall–Kier alpha value is -1.75. The molecule has 122 valence electrons. The maximum atomic E-state index is 12.3. The minimum absolute atomic E-state index is 0.0196. The van der Waals surface area contributed by atoms with Crippen LogP contribution in [0.1, 0.15) is 32.8 Å². The lowest BCUT2D eigenvalue weighted by atomic mass is 9.85. The van der Waals surface area contributed by atoms with E-state index >= 15 is 0 Å². The predicted octanol–water partition coefficient (Wildman–Crippen LogP) is 2.90. The second-order valence-corrected chi connectivity index (χ2v) is 6.26. The van der Waals surface area contributed by atoms with Crippen LogP contribution < -0.4 is 10.1 Å². The predicted molar refractivity (Wildman–Crippen MR) is 85.3 cm³/mol. The van der Waals surface area contributed by atoms with Crippen LogP contribution in [0.3, 0.4) is 0 Å². The first-order chi connectivity index (χ1) is 10.2. The number of benzene rings is 1. The van der Waals surface area contributed by atoms with E-state index in [0.717, 1.165) is 0 Å². The number of ether oxygens (including phenoxy) is 1. The summed E-state index contributed by atoms with van der Waals surface area (Å²) in [6, 6.07) is 5.05. The Labute approximate surface area is 135 Å². The number of rotatable bonds is 7. The summed E-state index contributed by atoms with van der Waals surface area (Å²) in [5, 5.41) is 12.4. The summed E-state index contributed by atoms with van der Waals surface area (Å²) in [5.74, 6) is -0.660. The molecule has 0 radical (unpaired) electrons. The van der Waals surface area contributed by atoms with Crippen molar-refractivity contribution < 1.29 is 19.4 Å². The fraction of sp³-hybridized carbons (Fsp3) is 0.500. The first-order valence-electron chi connectivity index (χ1n) is 7.03. The van der Waals surface area contributed by atoms with Gasteiger partial charge >= 0.3 is 5.97 Å². The van der Waals surface area contributed by atoms with Crippen molar-refractivity contribution in [2.75, 3.05) is 7.11 Å². The molecule has 1 amide bonds. The van der Waals surface area contributed by atoms with Crippen molar-refractivity contribution in [3.05, 3.63) is 28.8 Å². The molecule has 0 aliphatic rings. The Kier molecular flexibility index (Phi) is 6.23. The van der Waals surface area contributed by atoms with Gasteiger partial charge in [-0.05, 0) is 31.0 Å². The van der Waals surface area contributed by atoms with Gasteiger partial charge in [0.05, 0.1) is 20.0 Å². The second-order valence-electron chi connectivity index (χ2n) is 5.82. The Morgan fingerprint density at radius 1 is 1.41 bits per heavy atom. The van der Waals surface area contributed by atoms with Crippen LogP contribution in [-0.2, 0) is 16.0 Å². The van der Waals surface area contributed by atoms with E-state index in [1.165, 1.54) is 7.11 Å². The molecule has 0 heterocycles. The van der Waals surface area contributed by atoms with Crippen molar-refractivity contribution in [3.63, 3.8) is 0 Å². The molecule has 0 aliphatic carbocycles. The first-order valence-corrected chi connectivity index (χ1v) is 7.41. The van der Waals surface area contributed by atoms with Gasteiger partial charge in [-0.1, -0.05) is 25.4 Å². The highest BCUT2D eigenvalue weighted by Crippen LogP contribution is 2.25. The van der Waals surface area contributed by atoms with Crippen LogP contribution in [0.25, 0.3) is 0 Å². The zero-order chi connectivity index (χ0) is 16.9. The van der Waals surface area contributed by atoms with E-state index in [-0.39, 0.29) is 24.7 Å². The number of amides is 1. The maximum absolute atomic E-state index is 12.3. The number of carbonyl (C=O) groups is 2. The zero-order valence-corrected chi connectivity index (χ0v) is 14.0. The maximum Gasteiger partial charge on any atom is 0.305 e. The summed E-state index contributed by atoms with van der Waals surface area (Å²) < 4.78 is 5.21. The standard InChI is InChI=1S/C16H22ClNO4/c1-10(2)16(3,9-15(20)21)18-14(19)8-11-7-12(17)5-6-13(11)22-4/h5-7,10H,8-9H2,1-4H3,(H,18,19)(H,20,21). The molecule has 1 unspecified atom stereocenters. The van der Waals surface area contributed by atoms with Crippen molar-refractivity contribution in [3.8, 4) is 5.75 Å². The van der Waals surface area contributed by atoms with E-state index in [2.05, 4.69) is 5.32 Å². The van der Waals surface area contributed by atoms with Crippen molar-refractivity contribution >= 4 is 23.5 Å². The smallest absolute Gasteiger partial charge is 0.305 e. The van der Waals surface area contributed by atoms with Crippen molar-refractivity contribution in [1.29, 1.82) is 0 Å². The molecule has 6 heteroatoms. The topological polar surface area (TPSA) is 75.6 Å². The summed E-state index contributed by atoms with van der Waals surface area (Å²) in [6.07, 6.45) is -0.0608. The van der Waals surface area contributed by atoms with Gasteiger partial charge in [0, 0.05) is 16.1 Å². The quantitative estimate of drug-likeness (QED) is 0.807. The van der Waals surface area contributed by atoms with Crippen LogP contribution in [0.4, 0.5) is 0 Å². The van der Waals surface area contributed by atoms with Gasteiger partial charge in [0.15, 0.2) is 0 Å². The lowest BCUT2D eigenvalue weighted by molar-refractivity contribution is -0.139. The summed E-state index contributed by atoms with van der Waals surface area (Å²) in [5.41, 5.74) is -0.150. The molecule has 1 aromatic rings. The summed E-state index contributed by atoms with van der Waals surface area (Å²) >= 11 is 5.94. The Balaban J connectivity index is 2.88. The number of carbonyl (C=O) groups excluding carboxylic acids is 1. The van der Waals surface area contributed by atoms with Crippen molar-refractivity contribution in [2.24, 2.45) is 5.92 Å². The van der Waals surface area contributed by atoms with Crippen LogP contribution in [-0.4, -0.2) is 29.6 Å². The van der Waals surface area contributed by atoms with Crippen LogP contribution >= 0.6 is 11.6 Å². The third-order valence-corrected chi connectivity index (χ3v) is 4.05. The first kappa shape index (κ1) is 18.3. The van der Waals surface area contributed by atoms with Gasteiger partial charge in [0.1, 0.15) is 5.75 Å². The third-order valence-electron chi connectivity index (χ3n) is 3.81. The summed E-state index contributed by atoms with van der Waals surface area (Å²) in [7, 11) is 1.52. The number of halogens is 1. The molecule has 5 nitrogen and oxygen atoms in total. The van der Waals surface area contributed by atoms with Gasteiger partial charge in [-0.3, -0.25) is 9.59 Å². The van der Waals surface area contributed by atoms with Gasteiger partial charge in [-0.15, -0.1) is 0 Å². The largest absolute Gasteiger partial charge is 0.496 e. The molecule has 1 rings (SSSR count). The molecule has 0 aromatic heterocycles. The average Bonchev–Trinajstić information content (AvgIpc) is 2.37. The lowest BCUT2D eigenvalue weighted by Gasteiger charge is -2.33. The van der Waals surface area contributed by atoms with Gasteiger partial charge in [-0.25, -0.2) is 0 Å². The molecule has 0 fully saturated rings.